The van der Waals surface area contributed by atoms with Crippen molar-refractivity contribution in [1.29, 1.82) is 0 Å². The van der Waals surface area contributed by atoms with Gasteiger partial charge in [0.05, 0.1) is 11.1 Å². The Hall–Kier alpha value is -2.38. The van der Waals surface area contributed by atoms with Gasteiger partial charge in [-0.2, -0.15) is 22.0 Å². The van der Waals surface area contributed by atoms with Gasteiger partial charge in [0.2, 0.25) is 0 Å². The van der Waals surface area contributed by atoms with Gasteiger partial charge in [0.15, 0.2) is 10.1 Å². The van der Waals surface area contributed by atoms with Crippen LogP contribution in [-0.2, 0) is 14.9 Å². The Morgan fingerprint density at radius 3 is 2.05 bits per heavy atom. The molecular formula is C25H16F5I2O7S-. The number of rotatable bonds is 7. The van der Waals surface area contributed by atoms with E-state index < -0.39 is 45.2 Å². The molecule has 0 fully saturated rings. The number of halogens is 7. The van der Waals surface area contributed by atoms with E-state index in [4.69, 9.17) is 4.74 Å². The molecule has 0 heterocycles. The zero-order valence-electron chi connectivity index (χ0n) is 20.2. The van der Waals surface area contributed by atoms with Crippen molar-refractivity contribution in [1.82, 2.24) is 0 Å². The number of ether oxygens (including phenoxy) is 2. The summed E-state index contributed by atoms with van der Waals surface area (Å²) >= 11 is 3.30. The van der Waals surface area contributed by atoms with Crippen molar-refractivity contribution in [3.8, 4) is 5.75 Å². The van der Waals surface area contributed by atoms with Crippen LogP contribution in [0.4, 0.5) is 22.0 Å². The van der Waals surface area contributed by atoms with Crippen molar-refractivity contribution in [2.75, 3.05) is 0 Å². The molecule has 0 spiro atoms. The Bertz CT molecular complexity index is 1630. The summed E-state index contributed by atoms with van der Waals surface area (Å²) in [4.78, 5) is 26.0. The molecule has 7 nitrogen and oxygen atoms in total. The average molecular weight is 809 g/mol. The lowest BCUT2D eigenvalue weighted by Crippen LogP contribution is -2.52. The average Bonchev–Trinajstić information content (AvgIpc) is 2.80. The highest BCUT2D eigenvalue weighted by Crippen LogP contribution is 2.41. The lowest BCUT2D eigenvalue weighted by atomic mass is 9.99. The summed E-state index contributed by atoms with van der Waals surface area (Å²) in [6, 6.07) is 8.69. The molecule has 0 saturated carbocycles. The fourth-order valence-electron chi connectivity index (χ4n) is 3.87. The molecule has 3 rings (SSSR count). The summed E-state index contributed by atoms with van der Waals surface area (Å²) in [5.41, 5.74) is 1.49. The minimum atomic E-state index is -6.88. The Balaban J connectivity index is 2.14. The Morgan fingerprint density at radius 1 is 0.975 bits per heavy atom. The van der Waals surface area contributed by atoms with E-state index in [1.165, 1.54) is 40.8 Å². The molecule has 0 aliphatic heterocycles. The zero-order valence-corrected chi connectivity index (χ0v) is 25.4. The lowest BCUT2D eigenvalue weighted by molar-refractivity contribution is -0.248. The number of hydrogen-bond acceptors (Lipinski definition) is 7. The molecule has 0 aromatic heterocycles. The number of benzene rings is 3. The third-order valence-corrected chi connectivity index (χ3v) is 8.22. The molecule has 3 aromatic rings. The fourth-order valence-corrected chi connectivity index (χ4v) is 5.87. The van der Waals surface area contributed by atoms with Gasteiger partial charge in [0.1, 0.15) is 5.75 Å². The molecule has 0 radical (unpaired) electrons. The van der Waals surface area contributed by atoms with Gasteiger partial charge >= 0.3 is 23.4 Å². The minimum Gasteiger partial charge on any atom is -0.743 e. The molecule has 0 aliphatic rings. The van der Waals surface area contributed by atoms with Gasteiger partial charge in [-0.25, -0.2) is 18.0 Å². The first-order valence-corrected chi connectivity index (χ1v) is 14.3. The fraction of sp³-hybridized carbons (Fsp3) is 0.200. The van der Waals surface area contributed by atoms with Crippen molar-refractivity contribution in [3.63, 3.8) is 0 Å². The first-order valence-electron chi connectivity index (χ1n) is 10.8. The summed E-state index contributed by atoms with van der Waals surface area (Å²) in [7, 11) is -6.88. The van der Waals surface area contributed by atoms with Crippen LogP contribution in [0.2, 0.25) is 0 Å². The maximum Gasteiger partial charge on any atom is 0.432 e. The van der Waals surface area contributed by atoms with Gasteiger partial charge in [-0.3, -0.25) is 0 Å². The van der Waals surface area contributed by atoms with E-state index >= 15 is 0 Å². The zero-order chi connectivity index (χ0) is 30.4. The molecule has 1 unspecified atom stereocenters. The van der Waals surface area contributed by atoms with E-state index in [1.807, 2.05) is 0 Å². The third-order valence-electron chi connectivity index (χ3n) is 5.59. The SMILES string of the molecule is C=Cc1cc(C)c(C(=O)Oc2cc(I)c(C(=O)OC(C(F)(F)F)C(F)(F)S(=O)(=O)[O-])c3cccc(I)c23)c(C)c1. The van der Waals surface area contributed by atoms with E-state index in [1.54, 1.807) is 54.6 Å². The normalized spacial score (nSPS) is 13.2. The number of carbonyl (C=O) groups excluding carboxylic acids is 2. The molecular weight excluding hydrogens is 793 g/mol. The van der Waals surface area contributed by atoms with Gasteiger partial charge in [-0.15, -0.1) is 0 Å². The second-order valence-electron chi connectivity index (χ2n) is 8.36. The molecule has 0 amide bonds. The van der Waals surface area contributed by atoms with Gasteiger partial charge < -0.3 is 14.0 Å². The summed E-state index contributed by atoms with van der Waals surface area (Å²) in [5.74, 6) is -2.86. The second-order valence-corrected chi connectivity index (χ2v) is 12.1. The number of hydrogen-bond donors (Lipinski definition) is 0. The van der Waals surface area contributed by atoms with Gasteiger partial charge in [0, 0.05) is 17.9 Å². The molecule has 40 heavy (non-hydrogen) atoms. The number of alkyl halides is 5. The van der Waals surface area contributed by atoms with Crippen molar-refractivity contribution in [2.45, 2.75) is 31.4 Å². The number of aryl methyl sites for hydroxylation is 2. The number of esters is 2. The number of carbonyl (C=O) groups is 2. The molecule has 1 atom stereocenters. The Morgan fingerprint density at radius 2 is 1.55 bits per heavy atom. The first kappa shape index (κ1) is 32.1. The smallest absolute Gasteiger partial charge is 0.432 e. The summed E-state index contributed by atoms with van der Waals surface area (Å²) in [6.07, 6.45) is -9.10. The van der Waals surface area contributed by atoms with E-state index in [2.05, 4.69) is 11.3 Å². The predicted octanol–water partition coefficient (Wildman–Crippen LogP) is 6.75. The topological polar surface area (TPSA) is 110 Å². The monoisotopic (exact) mass is 809 g/mol. The van der Waals surface area contributed by atoms with E-state index in [9.17, 15) is 44.5 Å². The molecule has 214 valence electrons. The van der Waals surface area contributed by atoms with Crippen LogP contribution in [0.3, 0.4) is 0 Å². The van der Waals surface area contributed by atoms with Crippen LogP contribution in [0.1, 0.15) is 37.4 Å². The summed E-state index contributed by atoms with van der Waals surface area (Å²) < 4.78 is 110. The van der Waals surface area contributed by atoms with Crippen molar-refractivity contribution >= 4 is 84.1 Å². The Labute approximate surface area is 251 Å². The van der Waals surface area contributed by atoms with E-state index in [-0.39, 0.29) is 25.7 Å². The second kappa shape index (κ2) is 11.5. The predicted molar refractivity (Wildman–Crippen MR) is 150 cm³/mol. The van der Waals surface area contributed by atoms with Crippen LogP contribution in [-0.4, -0.2) is 42.4 Å². The third kappa shape index (κ3) is 6.25. The van der Waals surface area contributed by atoms with Crippen LogP contribution in [0.5, 0.6) is 5.75 Å². The maximum absolute atomic E-state index is 14.0. The van der Waals surface area contributed by atoms with Gasteiger partial charge in [0.25, 0.3) is 6.10 Å². The lowest BCUT2D eigenvalue weighted by Gasteiger charge is -2.30. The van der Waals surface area contributed by atoms with Crippen molar-refractivity contribution < 1.29 is 54.0 Å². The molecule has 3 aromatic carbocycles. The van der Waals surface area contributed by atoms with Crippen LogP contribution in [0.25, 0.3) is 16.8 Å². The summed E-state index contributed by atoms with van der Waals surface area (Å²) in [5, 5.41) is -6.09. The van der Waals surface area contributed by atoms with Gasteiger partial charge in [-0.05, 0) is 87.9 Å². The maximum atomic E-state index is 14.0. The quantitative estimate of drug-likeness (QED) is 0.0855. The highest BCUT2D eigenvalue weighted by atomic mass is 127. The minimum absolute atomic E-state index is 0.0635. The van der Waals surface area contributed by atoms with Crippen molar-refractivity contribution in [2.24, 2.45) is 0 Å². The van der Waals surface area contributed by atoms with Crippen LogP contribution < -0.4 is 4.74 Å². The Kier molecular flexibility index (Phi) is 9.22. The summed E-state index contributed by atoms with van der Waals surface area (Å²) in [6.45, 7) is 7.04. The van der Waals surface area contributed by atoms with Gasteiger partial charge in [-0.1, -0.05) is 36.9 Å². The highest BCUT2D eigenvalue weighted by Gasteiger charge is 2.63. The largest absolute Gasteiger partial charge is 0.743 e. The molecule has 15 heteroatoms. The highest BCUT2D eigenvalue weighted by molar-refractivity contribution is 14.1. The first-order chi connectivity index (χ1) is 18.3. The van der Waals surface area contributed by atoms with Crippen LogP contribution in [0.15, 0.2) is 43.0 Å². The van der Waals surface area contributed by atoms with Crippen molar-refractivity contribution in [3.05, 3.63) is 77.9 Å². The van der Waals surface area contributed by atoms with E-state index in [0.29, 0.717) is 14.7 Å². The van der Waals surface area contributed by atoms with Crippen LogP contribution >= 0.6 is 45.2 Å². The van der Waals surface area contributed by atoms with Crippen LogP contribution in [0, 0.1) is 21.0 Å². The molecule has 0 saturated heterocycles. The van der Waals surface area contributed by atoms with E-state index in [0.717, 1.165) is 11.6 Å². The molecule has 0 N–H and O–H groups in total. The molecule has 0 bridgehead atoms. The standard InChI is InChI=1S/C25H17F5I2O7S/c1-4-13-8-11(2)18(12(3)9-13)21(33)38-17-10-16(32)20(14-6-5-7-15(31)19(14)17)22(34)39-23(24(26,27)28)25(29,30)40(35,36)37/h4-10,23H,1H2,2-3H3,(H,35,36,37)/p-1. The number of fused-ring (bicyclic) bond motifs is 1. The molecule has 0 aliphatic carbocycles.